The molecule has 2 aromatic rings. The summed E-state index contributed by atoms with van der Waals surface area (Å²) >= 11 is 7.61. The molecule has 1 aromatic heterocycles. The third-order valence-electron chi connectivity index (χ3n) is 6.94. The Bertz CT molecular complexity index is 965. The van der Waals surface area contributed by atoms with Gasteiger partial charge >= 0.3 is 5.97 Å². The van der Waals surface area contributed by atoms with Crippen LogP contribution < -0.4 is 15.5 Å². The van der Waals surface area contributed by atoms with Crippen LogP contribution in [-0.2, 0) is 16.1 Å². The second-order valence-electron chi connectivity index (χ2n) is 9.00. The van der Waals surface area contributed by atoms with Crippen LogP contribution in [0.3, 0.4) is 0 Å². The van der Waals surface area contributed by atoms with Gasteiger partial charge in [-0.3, -0.25) is 10.1 Å². The van der Waals surface area contributed by atoms with Gasteiger partial charge in [-0.05, 0) is 55.9 Å². The van der Waals surface area contributed by atoms with Gasteiger partial charge < -0.3 is 15.0 Å². The maximum Gasteiger partial charge on any atom is 0.339 e. The number of carbonyl (C=O) groups is 2. The van der Waals surface area contributed by atoms with Crippen molar-refractivity contribution in [2.75, 3.05) is 31.6 Å². The minimum atomic E-state index is -0.476. The van der Waals surface area contributed by atoms with Gasteiger partial charge in [-0.2, -0.15) is 0 Å². The Morgan fingerprint density at radius 1 is 1.15 bits per heavy atom. The van der Waals surface area contributed by atoms with E-state index < -0.39 is 5.54 Å². The fraction of sp³-hybridized carbons (Fsp3) is 0.520. The van der Waals surface area contributed by atoms with Crippen molar-refractivity contribution in [3.8, 4) is 0 Å². The monoisotopic (exact) mass is 489 g/mol. The lowest BCUT2D eigenvalue weighted by Crippen LogP contribution is -2.55. The number of carbonyl (C=O) groups excluding carboxylic acids is 2. The summed E-state index contributed by atoms with van der Waals surface area (Å²) in [6, 6.07) is 11.5. The van der Waals surface area contributed by atoms with Crippen LogP contribution in [-0.4, -0.2) is 44.2 Å². The summed E-state index contributed by atoms with van der Waals surface area (Å²) in [4.78, 5) is 28.7. The molecule has 1 aromatic carbocycles. The van der Waals surface area contributed by atoms with Gasteiger partial charge in [0.25, 0.3) is 0 Å². The zero-order chi connectivity index (χ0) is 23.3. The molecule has 2 fully saturated rings. The van der Waals surface area contributed by atoms with Gasteiger partial charge in [0, 0.05) is 31.1 Å². The normalized spacial score (nSPS) is 18.3. The number of hydrogen-bond acceptors (Lipinski definition) is 6. The summed E-state index contributed by atoms with van der Waals surface area (Å²) in [6.45, 7) is 3.08. The number of methoxy groups -OCH3 is 1. The molecule has 33 heavy (non-hydrogen) atoms. The van der Waals surface area contributed by atoms with Crippen LogP contribution in [0.2, 0.25) is 4.34 Å². The lowest BCUT2D eigenvalue weighted by molar-refractivity contribution is -0.127. The van der Waals surface area contributed by atoms with Crippen molar-refractivity contribution >= 4 is 40.5 Å². The average molecular weight is 490 g/mol. The predicted octanol–water partition coefficient (Wildman–Crippen LogP) is 4.62. The number of benzene rings is 1. The second-order valence-corrected chi connectivity index (χ2v) is 10.8. The van der Waals surface area contributed by atoms with Crippen molar-refractivity contribution in [3.05, 3.63) is 51.2 Å². The molecule has 2 aliphatic rings. The van der Waals surface area contributed by atoms with E-state index in [4.69, 9.17) is 16.3 Å². The Morgan fingerprint density at radius 3 is 2.55 bits per heavy atom. The van der Waals surface area contributed by atoms with E-state index in [1.54, 1.807) is 11.3 Å². The van der Waals surface area contributed by atoms with Crippen LogP contribution in [0.1, 0.15) is 53.8 Å². The molecule has 0 atom stereocenters. The molecule has 1 aliphatic carbocycles. The van der Waals surface area contributed by atoms with E-state index in [-0.39, 0.29) is 11.9 Å². The minimum absolute atomic E-state index is 0.126. The molecule has 1 amide bonds. The smallest absolute Gasteiger partial charge is 0.339 e. The van der Waals surface area contributed by atoms with E-state index in [0.29, 0.717) is 24.6 Å². The topological polar surface area (TPSA) is 70.7 Å². The number of nitrogens with one attached hydrogen (secondary N) is 2. The summed E-state index contributed by atoms with van der Waals surface area (Å²) in [5.41, 5.74) is 1.05. The minimum Gasteiger partial charge on any atom is -0.465 e. The molecule has 8 heteroatoms. The number of amides is 1. The number of halogens is 1. The number of esters is 1. The first-order valence-electron chi connectivity index (χ1n) is 11.7. The van der Waals surface area contributed by atoms with Crippen LogP contribution in [0.25, 0.3) is 0 Å². The van der Waals surface area contributed by atoms with Gasteiger partial charge in [-0.25, -0.2) is 4.79 Å². The molecule has 0 bridgehead atoms. The zero-order valence-electron chi connectivity index (χ0n) is 19.1. The lowest BCUT2D eigenvalue weighted by atomic mass is 9.93. The predicted molar refractivity (Wildman–Crippen MR) is 133 cm³/mol. The Hall–Kier alpha value is -2.09. The van der Waals surface area contributed by atoms with E-state index in [9.17, 15) is 9.59 Å². The molecule has 2 heterocycles. The Labute approximate surface area is 204 Å². The highest BCUT2D eigenvalue weighted by molar-refractivity contribution is 7.16. The van der Waals surface area contributed by atoms with Gasteiger partial charge in [0.15, 0.2) is 0 Å². The van der Waals surface area contributed by atoms with Crippen molar-refractivity contribution in [2.24, 2.45) is 5.92 Å². The zero-order valence-corrected chi connectivity index (χ0v) is 20.6. The third-order valence-corrected chi connectivity index (χ3v) is 8.17. The molecular formula is C25H32ClN3O3S. The highest BCUT2D eigenvalue weighted by atomic mass is 35.5. The van der Waals surface area contributed by atoms with E-state index in [1.165, 1.54) is 7.11 Å². The first kappa shape index (κ1) is 24.0. The molecular weight excluding hydrogens is 458 g/mol. The van der Waals surface area contributed by atoms with Crippen molar-refractivity contribution in [2.45, 2.75) is 50.6 Å². The van der Waals surface area contributed by atoms with Crippen LogP contribution in [0, 0.1) is 5.92 Å². The standard InChI is InChI=1S/C25H32ClN3O3S/c1-32-23(30)20-6-2-3-7-21(20)29-14-10-18(11-15-29)16-27-24(31)25(12-4-5-13-25)28-17-19-8-9-22(26)33-19/h2-3,6-9,18,28H,4-5,10-17H2,1H3,(H,27,31). The average Bonchev–Trinajstić information content (AvgIpc) is 3.50. The summed E-state index contributed by atoms with van der Waals surface area (Å²) in [5.74, 6) is 0.255. The van der Waals surface area contributed by atoms with Crippen molar-refractivity contribution in [3.63, 3.8) is 0 Å². The number of ether oxygens (including phenoxy) is 1. The number of piperidine rings is 1. The summed E-state index contributed by atoms with van der Waals surface area (Å²) < 4.78 is 5.71. The van der Waals surface area contributed by atoms with Gasteiger partial charge in [-0.1, -0.05) is 36.6 Å². The van der Waals surface area contributed by atoms with Gasteiger partial charge in [0.2, 0.25) is 5.91 Å². The largest absolute Gasteiger partial charge is 0.465 e. The molecule has 6 nitrogen and oxygen atoms in total. The molecule has 178 valence electrons. The fourth-order valence-electron chi connectivity index (χ4n) is 4.98. The molecule has 0 spiro atoms. The van der Waals surface area contributed by atoms with Gasteiger partial charge in [0.1, 0.15) is 0 Å². The highest BCUT2D eigenvalue weighted by Gasteiger charge is 2.40. The molecule has 1 saturated carbocycles. The van der Waals surface area contributed by atoms with E-state index in [1.807, 2.05) is 36.4 Å². The molecule has 0 radical (unpaired) electrons. The van der Waals surface area contributed by atoms with Gasteiger partial charge in [-0.15, -0.1) is 11.3 Å². The fourth-order valence-corrected chi connectivity index (χ4v) is 6.01. The summed E-state index contributed by atoms with van der Waals surface area (Å²) in [6.07, 6.45) is 5.85. The number of anilines is 1. The third kappa shape index (κ3) is 5.70. The van der Waals surface area contributed by atoms with Crippen molar-refractivity contribution in [1.29, 1.82) is 0 Å². The summed E-state index contributed by atoms with van der Waals surface area (Å²) in [5, 5.41) is 6.80. The van der Waals surface area contributed by atoms with Crippen molar-refractivity contribution < 1.29 is 14.3 Å². The molecule has 4 rings (SSSR count). The van der Waals surface area contributed by atoms with E-state index >= 15 is 0 Å². The molecule has 0 unspecified atom stereocenters. The number of para-hydroxylation sites is 1. The van der Waals surface area contributed by atoms with Crippen LogP contribution in [0.15, 0.2) is 36.4 Å². The quantitative estimate of drug-likeness (QED) is 0.529. The lowest BCUT2D eigenvalue weighted by Gasteiger charge is -2.35. The summed E-state index contributed by atoms with van der Waals surface area (Å²) in [7, 11) is 1.41. The second kappa shape index (κ2) is 10.9. The molecule has 1 saturated heterocycles. The SMILES string of the molecule is COC(=O)c1ccccc1N1CCC(CNC(=O)C2(NCc3ccc(Cl)s3)CCCC2)CC1. The number of nitrogens with zero attached hydrogens (tertiary/aromatic N) is 1. The van der Waals surface area contributed by atoms with Crippen LogP contribution in [0.5, 0.6) is 0 Å². The van der Waals surface area contributed by atoms with Gasteiger partial charge in [0.05, 0.1) is 28.2 Å². The molecule has 2 N–H and O–H groups in total. The van der Waals surface area contributed by atoms with Crippen molar-refractivity contribution in [1.82, 2.24) is 10.6 Å². The van der Waals surface area contributed by atoms with E-state index in [2.05, 4.69) is 15.5 Å². The maximum atomic E-state index is 13.2. The first-order chi connectivity index (χ1) is 16.0. The Balaban J connectivity index is 1.29. The first-order valence-corrected chi connectivity index (χ1v) is 12.9. The molecule has 1 aliphatic heterocycles. The number of hydrogen-bond donors (Lipinski definition) is 2. The Kier molecular flexibility index (Phi) is 7.94. The maximum absolute atomic E-state index is 13.2. The highest BCUT2D eigenvalue weighted by Crippen LogP contribution is 2.32. The van der Waals surface area contributed by atoms with Crippen LogP contribution in [0.4, 0.5) is 5.69 Å². The van der Waals surface area contributed by atoms with Crippen LogP contribution >= 0.6 is 22.9 Å². The van der Waals surface area contributed by atoms with E-state index in [0.717, 1.165) is 66.5 Å². The Morgan fingerprint density at radius 2 is 1.88 bits per heavy atom. The number of thiophene rings is 1. The number of rotatable bonds is 8.